The topological polar surface area (TPSA) is 96.0 Å². The van der Waals surface area contributed by atoms with E-state index in [-0.39, 0.29) is 43.8 Å². The van der Waals surface area contributed by atoms with Crippen LogP contribution in [0.5, 0.6) is 5.75 Å². The number of hydrogen-bond acceptors (Lipinski definition) is 5. The van der Waals surface area contributed by atoms with Gasteiger partial charge in [-0.2, -0.15) is 0 Å². The zero-order chi connectivity index (χ0) is 28.5. The molecule has 2 amide bonds. The van der Waals surface area contributed by atoms with E-state index >= 15 is 0 Å². The Labute approximate surface area is 232 Å². The minimum Gasteiger partial charge on any atom is -0.497 e. The van der Waals surface area contributed by atoms with Gasteiger partial charge in [-0.1, -0.05) is 43.6 Å². The molecule has 0 aliphatic carbocycles. The number of carbonyl (C=O) groups is 2. The van der Waals surface area contributed by atoms with Crippen molar-refractivity contribution in [1.82, 2.24) is 10.2 Å². The van der Waals surface area contributed by atoms with Crippen molar-refractivity contribution in [1.29, 1.82) is 0 Å². The van der Waals surface area contributed by atoms with Gasteiger partial charge < -0.3 is 15.0 Å². The number of amides is 2. The molecule has 2 atom stereocenters. The lowest BCUT2D eigenvalue weighted by Crippen LogP contribution is -2.50. The molecule has 210 valence electrons. The van der Waals surface area contributed by atoms with Crippen LogP contribution in [0.25, 0.3) is 0 Å². The number of nitrogens with zero attached hydrogens (tertiary/aromatic N) is 2. The van der Waals surface area contributed by atoms with Crippen LogP contribution < -0.4 is 14.4 Å². The first-order valence-electron chi connectivity index (χ1n) is 12.9. The first-order chi connectivity index (χ1) is 17.9. The quantitative estimate of drug-likeness (QED) is 0.350. The number of nitrogens with one attached hydrogen (secondary N) is 1. The summed E-state index contributed by atoms with van der Waals surface area (Å²) in [6.07, 6.45) is 2.72. The van der Waals surface area contributed by atoms with Crippen molar-refractivity contribution in [3.05, 3.63) is 58.6 Å². The van der Waals surface area contributed by atoms with E-state index in [2.05, 4.69) is 5.32 Å². The molecule has 0 unspecified atom stereocenters. The van der Waals surface area contributed by atoms with Gasteiger partial charge in [0.1, 0.15) is 11.8 Å². The molecule has 0 fully saturated rings. The first kappa shape index (κ1) is 31.4. The molecule has 2 rings (SSSR count). The van der Waals surface area contributed by atoms with Gasteiger partial charge in [-0.15, -0.1) is 0 Å². The third kappa shape index (κ3) is 8.63. The van der Waals surface area contributed by atoms with Gasteiger partial charge >= 0.3 is 0 Å². The Morgan fingerprint density at radius 1 is 1.08 bits per heavy atom. The highest BCUT2D eigenvalue weighted by atomic mass is 35.5. The number of methoxy groups -OCH3 is 1. The lowest BCUT2D eigenvalue weighted by atomic mass is 10.1. The summed E-state index contributed by atoms with van der Waals surface area (Å²) < 4.78 is 31.7. The van der Waals surface area contributed by atoms with E-state index < -0.39 is 16.1 Å². The van der Waals surface area contributed by atoms with E-state index in [0.717, 1.165) is 18.2 Å². The Balaban J connectivity index is 2.26. The number of carbonyl (C=O) groups excluding carboxylic acids is 2. The van der Waals surface area contributed by atoms with Crippen LogP contribution in [-0.2, 0) is 26.2 Å². The van der Waals surface area contributed by atoms with Crippen molar-refractivity contribution in [3.8, 4) is 5.75 Å². The summed E-state index contributed by atoms with van der Waals surface area (Å²) in [5.74, 6) is 0.282. The number of benzene rings is 2. The van der Waals surface area contributed by atoms with E-state index in [1.165, 1.54) is 4.31 Å². The van der Waals surface area contributed by atoms with Crippen LogP contribution in [-0.4, -0.2) is 57.1 Å². The predicted octanol–water partition coefficient (Wildman–Crippen LogP) is 4.93. The summed E-state index contributed by atoms with van der Waals surface area (Å²) in [6.45, 7) is 7.91. The number of sulfonamides is 1. The van der Waals surface area contributed by atoms with Crippen LogP contribution in [0.4, 0.5) is 5.69 Å². The van der Waals surface area contributed by atoms with Crippen LogP contribution in [0.3, 0.4) is 0 Å². The van der Waals surface area contributed by atoms with Gasteiger partial charge in [0.2, 0.25) is 21.8 Å². The van der Waals surface area contributed by atoms with Gasteiger partial charge in [-0.25, -0.2) is 8.42 Å². The zero-order valence-electron chi connectivity index (χ0n) is 23.2. The molecule has 2 aromatic carbocycles. The molecule has 0 spiro atoms. The molecular weight excluding hydrogens is 526 g/mol. The van der Waals surface area contributed by atoms with Crippen LogP contribution in [0, 0.1) is 6.92 Å². The van der Waals surface area contributed by atoms with Crippen LogP contribution in [0.2, 0.25) is 5.02 Å². The summed E-state index contributed by atoms with van der Waals surface area (Å²) in [6, 6.07) is 11.8. The summed E-state index contributed by atoms with van der Waals surface area (Å²) in [5.41, 5.74) is 2.00. The first-order valence-corrected chi connectivity index (χ1v) is 15.1. The number of anilines is 1. The molecule has 0 saturated carbocycles. The average Bonchev–Trinajstić information content (AvgIpc) is 2.87. The van der Waals surface area contributed by atoms with Crippen molar-refractivity contribution < 1.29 is 22.7 Å². The maximum atomic E-state index is 13.6. The predicted molar refractivity (Wildman–Crippen MR) is 153 cm³/mol. The molecular formula is C28H40ClN3O5S. The molecule has 0 heterocycles. The second kappa shape index (κ2) is 14.4. The molecule has 0 bridgehead atoms. The van der Waals surface area contributed by atoms with Crippen molar-refractivity contribution in [3.63, 3.8) is 0 Å². The van der Waals surface area contributed by atoms with Crippen molar-refractivity contribution in [2.75, 3.05) is 24.2 Å². The number of halogens is 1. The smallest absolute Gasteiger partial charge is 0.243 e. The third-order valence-electron chi connectivity index (χ3n) is 6.56. The van der Waals surface area contributed by atoms with Gasteiger partial charge in [-0.3, -0.25) is 13.9 Å². The number of hydrogen-bond donors (Lipinski definition) is 1. The van der Waals surface area contributed by atoms with Gasteiger partial charge in [0.05, 0.1) is 19.1 Å². The number of ether oxygens (including phenoxy) is 1. The standard InChI is InChI=1S/C28H40ClN3O5S/c1-7-20(3)30-28(34)25(8-2)31(19-22-14-16-23(37-5)17-15-22)27(33)13-10-18-32(38(6,35)36)26-12-9-11-24(29)21(26)4/h9,11-12,14-17,20,25H,7-8,10,13,18-19H2,1-6H3,(H,30,34)/t20-,25-/m0/s1. The third-order valence-corrected chi connectivity index (χ3v) is 8.15. The van der Waals surface area contributed by atoms with Gasteiger partial charge in [-0.05, 0) is 68.5 Å². The Morgan fingerprint density at radius 3 is 2.29 bits per heavy atom. The highest BCUT2D eigenvalue weighted by Crippen LogP contribution is 2.28. The average molecular weight is 566 g/mol. The summed E-state index contributed by atoms with van der Waals surface area (Å²) >= 11 is 6.23. The zero-order valence-corrected chi connectivity index (χ0v) is 24.7. The lowest BCUT2D eigenvalue weighted by Gasteiger charge is -2.32. The van der Waals surface area contributed by atoms with E-state index in [4.69, 9.17) is 16.3 Å². The Morgan fingerprint density at radius 2 is 1.74 bits per heavy atom. The minimum absolute atomic E-state index is 0.0151. The van der Waals surface area contributed by atoms with Crippen molar-refractivity contribution >= 4 is 39.1 Å². The van der Waals surface area contributed by atoms with Gasteiger partial charge in [0.25, 0.3) is 0 Å². The van der Waals surface area contributed by atoms with E-state index in [1.54, 1.807) is 37.1 Å². The fourth-order valence-electron chi connectivity index (χ4n) is 4.14. The Kier molecular flexibility index (Phi) is 11.9. The van der Waals surface area contributed by atoms with E-state index in [9.17, 15) is 18.0 Å². The summed E-state index contributed by atoms with van der Waals surface area (Å²) in [7, 11) is -2.02. The molecule has 8 nitrogen and oxygen atoms in total. The molecule has 0 aromatic heterocycles. The SMILES string of the molecule is CC[C@H](C)NC(=O)[C@H](CC)N(Cc1ccc(OC)cc1)C(=O)CCCN(c1cccc(Cl)c1C)S(C)(=O)=O. The summed E-state index contributed by atoms with van der Waals surface area (Å²) in [5, 5.41) is 3.46. The molecule has 10 heteroatoms. The van der Waals surface area contributed by atoms with Crippen LogP contribution in [0.15, 0.2) is 42.5 Å². The maximum absolute atomic E-state index is 13.6. The second-order valence-electron chi connectivity index (χ2n) is 9.43. The van der Waals surface area contributed by atoms with Crippen LogP contribution in [0.1, 0.15) is 57.6 Å². The molecule has 38 heavy (non-hydrogen) atoms. The molecule has 0 radical (unpaired) electrons. The molecule has 2 aromatic rings. The fraction of sp³-hybridized carbons (Fsp3) is 0.500. The van der Waals surface area contributed by atoms with Gasteiger partial charge in [0, 0.05) is 30.6 Å². The highest BCUT2D eigenvalue weighted by Gasteiger charge is 2.29. The van der Waals surface area contributed by atoms with E-state index in [0.29, 0.717) is 28.4 Å². The maximum Gasteiger partial charge on any atom is 0.243 e. The minimum atomic E-state index is -3.61. The van der Waals surface area contributed by atoms with E-state index in [1.807, 2.05) is 45.0 Å². The molecule has 0 aliphatic heterocycles. The van der Waals surface area contributed by atoms with Crippen LogP contribution >= 0.6 is 11.6 Å². The lowest BCUT2D eigenvalue weighted by molar-refractivity contribution is -0.141. The molecule has 0 saturated heterocycles. The molecule has 0 aliphatic rings. The largest absolute Gasteiger partial charge is 0.497 e. The second-order valence-corrected chi connectivity index (χ2v) is 11.7. The Bertz CT molecular complexity index is 1190. The van der Waals surface area contributed by atoms with Crippen molar-refractivity contribution in [2.24, 2.45) is 0 Å². The normalized spacial score (nSPS) is 12.9. The van der Waals surface area contributed by atoms with Gasteiger partial charge in [0.15, 0.2) is 0 Å². The fourth-order valence-corrected chi connectivity index (χ4v) is 5.32. The monoisotopic (exact) mass is 565 g/mol. The van der Waals surface area contributed by atoms with Crippen molar-refractivity contribution in [2.45, 2.75) is 72.0 Å². The molecule has 1 N–H and O–H groups in total. The highest BCUT2D eigenvalue weighted by molar-refractivity contribution is 7.92. The number of rotatable bonds is 14. The summed E-state index contributed by atoms with van der Waals surface area (Å²) in [4.78, 5) is 28.3. The Hall–Kier alpha value is -2.78.